The van der Waals surface area contributed by atoms with E-state index >= 15 is 0 Å². The minimum Gasteiger partial charge on any atom is -0.393 e. The number of anilines is 4. The van der Waals surface area contributed by atoms with Crippen LogP contribution in [0.1, 0.15) is 21.5 Å². The van der Waals surface area contributed by atoms with Crippen LogP contribution in [0, 0.1) is 6.92 Å². The molecule has 3 rings (SSSR count). The summed E-state index contributed by atoms with van der Waals surface area (Å²) in [4.78, 5) is 20.0. The molecular formula is C19H17F3N6O. The topological polar surface area (TPSA) is 105 Å². The molecule has 2 aromatic carbocycles. The van der Waals surface area contributed by atoms with Crippen molar-refractivity contribution in [3.05, 3.63) is 71.5 Å². The maximum atomic E-state index is 12.9. The summed E-state index contributed by atoms with van der Waals surface area (Å²) in [6.07, 6.45) is -3.31. The van der Waals surface area contributed by atoms with Crippen LogP contribution in [-0.2, 0) is 6.18 Å². The largest absolute Gasteiger partial charge is 0.416 e. The molecule has 150 valence electrons. The summed E-state index contributed by atoms with van der Waals surface area (Å²) in [5.74, 6) is -0.225. The van der Waals surface area contributed by atoms with E-state index in [2.05, 4.69) is 26.1 Å². The van der Waals surface area contributed by atoms with Gasteiger partial charge in [-0.1, -0.05) is 23.8 Å². The molecule has 10 heteroatoms. The molecule has 0 atom stereocenters. The van der Waals surface area contributed by atoms with Crippen molar-refractivity contribution in [1.29, 1.82) is 0 Å². The van der Waals surface area contributed by atoms with Gasteiger partial charge in [-0.2, -0.15) is 13.2 Å². The third-order valence-corrected chi connectivity index (χ3v) is 3.94. The predicted octanol–water partition coefficient (Wildman–Crippen LogP) is 3.89. The molecular weight excluding hydrogens is 385 g/mol. The first kappa shape index (κ1) is 19.9. The number of benzene rings is 2. The number of hydrazine groups is 1. The summed E-state index contributed by atoms with van der Waals surface area (Å²) in [6, 6.07) is 11.5. The van der Waals surface area contributed by atoms with Crippen LogP contribution in [0.4, 0.5) is 36.2 Å². The summed E-state index contributed by atoms with van der Waals surface area (Å²) in [5.41, 5.74) is 11.8. The first-order chi connectivity index (χ1) is 13.7. The van der Waals surface area contributed by atoms with E-state index in [9.17, 15) is 18.0 Å². The number of nitrogens with one attached hydrogen (secondary N) is 3. The average molecular weight is 402 g/mol. The van der Waals surface area contributed by atoms with Crippen molar-refractivity contribution in [3.63, 3.8) is 0 Å². The number of hydrogen-bond donors (Lipinski definition) is 4. The number of halogens is 3. The monoisotopic (exact) mass is 402 g/mol. The molecule has 0 fully saturated rings. The number of amides is 1. The zero-order valence-corrected chi connectivity index (χ0v) is 15.2. The van der Waals surface area contributed by atoms with Crippen molar-refractivity contribution in [1.82, 2.24) is 15.4 Å². The van der Waals surface area contributed by atoms with Crippen LogP contribution in [0.15, 0.2) is 54.9 Å². The lowest BCUT2D eigenvalue weighted by Gasteiger charge is -2.14. The van der Waals surface area contributed by atoms with E-state index in [1.165, 1.54) is 12.1 Å². The second kappa shape index (κ2) is 8.05. The molecule has 0 aliphatic carbocycles. The fourth-order valence-electron chi connectivity index (χ4n) is 2.40. The normalized spacial score (nSPS) is 11.0. The van der Waals surface area contributed by atoms with E-state index in [4.69, 9.17) is 5.73 Å². The third kappa shape index (κ3) is 4.92. The number of carbonyl (C=O) groups is 1. The lowest BCUT2D eigenvalue weighted by molar-refractivity contribution is -0.137. The number of rotatable bonds is 5. The molecule has 1 aromatic heterocycles. The highest BCUT2D eigenvalue weighted by atomic mass is 19.4. The Hall–Kier alpha value is -3.82. The van der Waals surface area contributed by atoms with Gasteiger partial charge in [0.25, 0.3) is 5.91 Å². The minimum atomic E-state index is -4.47. The number of aromatic nitrogens is 2. The van der Waals surface area contributed by atoms with Crippen molar-refractivity contribution in [2.75, 3.05) is 16.5 Å². The third-order valence-electron chi connectivity index (χ3n) is 3.94. The van der Waals surface area contributed by atoms with Crippen LogP contribution in [0.3, 0.4) is 0 Å². The van der Waals surface area contributed by atoms with Gasteiger partial charge >= 0.3 is 6.18 Å². The summed E-state index contributed by atoms with van der Waals surface area (Å²) in [5, 5.41) is 2.72. The molecule has 29 heavy (non-hydrogen) atoms. The first-order valence-electron chi connectivity index (χ1n) is 8.42. The number of hydrogen-bond acceptors (Lipinski definition) is 6. The second-order valence-electron chi connectivity index (χ2n) is 6.13. The standard InChI is InChI=1S/C19H17F3N6O/c1-11-5-7-12(8-6-11)18(29)28-27-17-15(23)16(24-10-25-17)26-14-4-2-3-13(9-14)19(20,21)22/h2-10H,23H2,1H3,(H,28,29)(H2,24,25,26,27). The molecule has 1 amide bonds. The van der Waals surface area contributed by atoms with Crippen LogP contribution in [0.25, 0.3) is 0 Å². The molecule has 0 aliphatic rings. The van der Waals surface area contributed by atoms with Gasteiger partial charge in [-0.3, -0.25) is 15.6 Å². The van der Waals surface area contributed by atoms with E-state index in [1.54, 1.807) is 24.3 Å². The Morgan fingerprint density at radius 2 is 1.72 bits per heavy atom. The maximum Gasteiger partial charge on any atom is 0.416 e. The molecule has 1 heterocycles. The molecule has 0 bridgehead atoms. The highest BCUT2D eigenvalue weighted by molar-refractivity contribution is 5.95. The van der Waals surface area contributed by atoms with Crippen LogP contribution < -0.4 is 21.9 Å². The van der Waals surface area contributed by atoms with Crippen molar-refractivity contribution in [2.45, 2.75) is 13.1 Å². The number of nitrogens with zero attached hydrogens (tertiary/aromatic N) is 2. The molecule has 0 radical (unpaired) electrons. The number of carbonyl (C=O) groups excluding carboxylic acids is 1. The van der Waals surface area contributed by atoms with Gasteiger partial charge in [-0.15, -0.1) is 0 Å². The summed E-state index contributed by atoms with van der Waals surface area (Å²) in [7, 11) is 0. The maximum absolute atomic E-state index is 12.9. The Morgan fingerprint density at radius 3 is 2.41 bits per heavy atom. The number of nitrogen functional groups attached to an aromatic ring is 1. The van der Waals surface area contributed by atoms with Gasteiger partial charge < -0.3 is 11.1 Å². The molecule has 7 nitrogen and oxygen atoms in total. The first-order valence-corrected chi connectivity index (χ1v) is 8.42. The van der Waals surface area contributed by atoms with E-state index in [-0.39, 0.29) is 23.0 Å². The lowest BCUT2D eigenvalue weighted by atomic mass is 10.1. The van der Waals surface area contributed by atoms with Crippen LogP contribution >= 0.6 is 0 Å². The van der Waals surface area contributed by atoms with Crippen molar-refractivity contribution in [2.24, 2.45) is 0 Å². The molecule has 0 aliphatic heterocycles. The number of alkyl halides is 3. The summed E-state index contributed by atoms with van der Waals surface area (Å²) < 4.78 is 38.6. The van der Waals surface area contributed by atoms with E-state index in [1.807, 2.05) is 6.92 Å². The fourth-order valence-corrected chi connectivity index (χ4v) is 2.40. The van der Waals surface area contributed by atoms with Crippen LogP contribution in [-0.4, -0.2) is 15.9 Å². The predicted molar refractivity (Wildman–Crippen MR) is 103 cm³/mol. The average Bonchev–Trinajstić information content (AvgIpc) is 2.68. The SMILES string of the molecule is Cc1ccc(C(=O)NNc2ncnc(Nc3cccc(C(F)(F)F)c3)c2N)cc1. The van der Waals surface area contributed by atoms with Gasteiger partial charge in [-0.05, 0) is 37.3 Å². The lowest BCUT2D eigenvalue weighted by Crippen LogP contribution is -2.30. The van der Waals surface area contributed by atoms with Gasteiger partial charge in [0.15, 0.2) is 11.6 Å². The smallest absolute Gasteiger partial charge is 0.393 e. The van der Waals surface area contributed by atoms with Gasteiger partial charge in [0.1, 0.15) is 12.0 Å². The second-order valence-corrected chi connectivity index (χ2v) is 6.13. The Kier molecular flexibility index (Phi) is 5.53. The Morgan fingerprint density at radius 1 is 1.03 bits per heavy atom. The molecule has 3 aromatic rings. The van der Waals surface area contributed by atoms with E-state index < -0.39 is 17.6 Å². The number of nitrogens with two attached hydrogens (primary N) is 1. The number of aryl methyl sites for hydroxylation is 1. The van der Waals surface area contributed by atoms with Crippen molar-refractivity contribution < 1.29 is 18.0 Å². The van der Waals surface area contributed by atoms with Gasteiger partial charge in [0.05, 0.1) is 5.56 Å². The van der Waals surface area contributed by atoms with Crippen LogP contribution in [0.5, 0.6) is 0 Å². The van der Waals surface area contributed by atoms with E-state index in [0.717, 1.165) is 24.0 Å². The van der Waals surface area contributed by atoms with Gasteiger partial charge in [0, 0.05) is 11.3 Å². The van der Waals surface area contributed by atoms with Gasteiger partial charge in [-0.25, -0.2) is 9.97 Å². The van der Waals surface area contributed by atoms with E-state index in [0.29, 0.717) is 5.56 Å². The highest BCUT2D eigenvalue weighted by Crippen LogP contribution is 2.32. The minimum absolute atomic E-state index is 0.0223. The van der Waals surface area contributed by atoms with Crippen LogP contribution in [0.2, 0.25) is 0 Å². The molecule has 0 saturated heterocycles. The molecule has 5 N–H and O–H groups in total. The Bertz CT molecular complexity index is 1020. The molecule has 0 saturated carbocycles. The quantitative estimate of drug-likeness (QED) is 0.483. The molecule has 0 unspecified atom stereocenters. The van der Waals surface area contributed by atoms with Crippen molar-refractivity contribution in [3.8, 4) is 0 Å². The summed E-state index contributed by atoms with van der Waals surface area (Å²) in [6.45, 7) is 1.90. The molecule has 0 spiro atoms. The summed E-state index contributed by atoms with van der Waals surface area (Å²) >= 11 is 0. The fraction of sp³-hybridized carbons (Fsp3) is 0.105. The van der Waals surface area contributed by atoms with Gasteiger partial charge in [0.2, 0.25) is 0 Å². The van der Waals surface area contributed by atoms with Crippen molar-refractivity contribution >= 4 is 28.9 Å². The zero-order chi connectivity index (χ0) is 21.0. The Labute approximate surface area is 164 Å². The highest BCUT2D eigenvalue weighted by Gasteiger charge is 2.30. The zero-order valence-electron chi connectivity index (χ0n) is 15.2. The Balaban J connectivity index is 1.73.